The third-order valence-corrected chi connectivity index (χ3v) is 6.46. The zero-order valence-electron chi connectivity index (χ0n) is 14.0. The van der Waals surface area contributed by atoms with Gasteiger partial charge in [-0.15, -0.1) is 11.3 Å². The lowest BCUT2D eigenvalue weighted by Crippen LogP contribution is -2.11. The Morgan fingerprint density at radius 2 is 1.80 bits per heavy atom. The quantitative estimate of drug-likeness (QED) is 0.683. The maximum Gasteiger partial charge on any atom is 0.279 e. The van der Waals surface area contributed by atoms with Crippen LogP contribution in [0, 0.1) is 5.92 Å². The third kappa shape index (κ3) is 3.93. The van der Waals surface area contributed by atoms with Crippen LogP contribution < -0.4 is 5.56 Å². The number of fused-ring (bicyclic) bond motifs is 1. The molecule has 0 saturated carbocycles. The normalized spacial score (nSPS) is 12.0. The molecule has 0 fully saturated rings. The summed E-state index contributed by atoms with van der Waals surface area (Å²) in [5, 5.41) is 1.00. The van der Waals surface area contributed by atoms with E-state index in [2.05, 4.69) is 9.97 Å². The van der Waals surface area contributed by atoms with Crippen molar-refractivity contribution in [3.8, 4) is 10.7 Å². The van der Waals surface area contributed by atoms with Gasteiger partial charge in [0.05, 0.1) is 11.1 Å². The molecular formula is C18H18N2O3S2. The molecule has 3 rings (SSSR count). The van der Waals surface area contributed by atoms with E-state index in [0.717, 1.165) is 4.70 Å². The molecular weight excluding hydrogens is 356 g/mol. The molecule has 5 nitrogen and oxygen atoms in total. The SMILES string of the molecule is CC(C)CCS(=O)(=O)c1cccc(-c2nc(=O)c3ccccc3s2)n1. The Balaban J connectivity index is 2.04. The highest BCUT2D eigenvalue weighted by Crippen LogP contribution is 2.25. The summed E-state index contributed by atoms with van der Waals surface area (Å²) in [6, 6.07) is 12.0. The molecule has 0 aliphatic heterocycles. The number of benzene rings is 1. The molecule has 0 unspecified atom stereocenters. The summed E-state index contributed by atoms with van der Waals surface area (Å²) in [4.78, 5) is 20.5. The molecule has 0 aliphatic rings. The number of sulfone groups is 1. The van der Waals surface area contributed by atoms with Crippen LogP contribution in [0.25, 0.3) is 20.8 Å². The van der Waals surface area contributed by atoms with Gasteiger partial charge >= 0.3 is 0 Å². The van der Waals surface area contributed by atoms with Crippen LogP contribution in [0.1, 0.15) is 20.3 Å². The fourth-order valence-corrected chi connectivity index (χ4v) is 4.81. The van der Waals surface area contributed by atoms with Crippen LogP contribution in [0.3, 0.4) is 0 Å². The summed E-state index contributed by atoms with van der Waals surface area (Å²) in [5.41, 5.74) is 0.0673. The van der Waals surface area contributed by atoms with E-state index in [9.17, 15) is 13.2 Å². The third-order valence-electron chi connectivity index (χ3n) is 3.75. The molecule has 2 heterocycles. The average molecular weight is 374 g/mol. The first-order chi connectivity index (χ1) is 11.9. The van der Waals surface area contributed by atoms with Crippen molar-refractivity contribution < 1.29 is 8.42 Å². The van der Waals surface area contributed by atoms with Crippen molar-refractivity contribution >= 4 is 31.3 Å². The Bertz CT molecular complexity index is 1070. The van der Waals surface area contributed by atoms with E-state index in [-0.39, 0.29) is 16.3 Å². The summed E-state index contributed by atoms with van der Waals surface area (Å²) in [5.74, 6) is 0.355. The lowest BCUT2D eigenvalue weighted by molar-refractivity contribution is 0.571. The van der Waals surface area contributed by atoms with E-state index in [1.54, 1.807) is 24.3 Å². The molecule has 0 atom stereocenters. The van der Waals surface area contributed by atoms with Crippen molar-refractivity contribution in [3.63, 3.8) is 0 Å². The second-order valence-electron chi connectivity index (χ2n) is 6.18. The Kier molecular flexibility index (Phi) is 4.96. The minimum Gasteiger partial charge on any atom is -0.267 e. The van der Waals surface area contributed by atoms with Crippen LogP contribution in [0.15, 0.2) is 52.3 Å². The van der Waals surface area contributed by atoms with Crippen molar-refractivity contribution in [3.05, 3.63) is 52.8 Å². The highest BCUT2D eigenvalue weighted by Gasteiger charge is 2.18. The van der Waals surface area contributed by atoms with Gasteiger partial charge in [0.25, 0.3) is 5.56 Å². The van der Waals surface area contributed by atoms with Crippen molar-refractivity contribution in [2.24, 2.45) is 5.92 Å². The Hall–Kier alpha value is -2.12. The van der Waals surface area contributed by atoms with E-state index in [0.29, 0.717) is 28.4 Å². The summed E-state index contributed by atoms with van der Waals surface area (Å²) in [6.07, 6.45) is 0.579. The summed E-state index contributed by atoms with van der Waals surface area (Å²) in [6.45, 7) is 3.96. The molecule has 0 radical (unpaired) electrons. The molecule has 7 heteroatoms. The van der Waals surface area contributed by atoms with Gasteiger partial charge in [-0.3, -0.25) is 4.79 Å². The van der Waals surface area contributed by atoms with E-state index < -0.39 is 9.84 Å². The lowest BCUT2D eigenvalue weighted by atomic mass is 10.2. The first-order valence-corrected chi connectivity index (χ1v) is 10.4. The number of pyridine rings is 1. The molecule has 0 N–H and O–H groups in total. The molecule has 0 saturated heterocycles. The number of aromatic nitrogens is 2. The minimum atomic E-state index is -3.45. The zero-order chi connectivity index (χ0) is 18.0. The van der Waals surface area contributed by atoms with Gasteiger partial charge in [-0.05, 0) is 36.6 Å². The highest BCUT2D eigenvalue weighted by molar-refractivity contribution is 7.91. The second-order valence-corrected chi connectivity index (χ2v) is 9.27. The molecule has 3 aromatic rings. The molecule has 1 aromatic carbocycles. The fraction of sp³-hybridized carbons (Fsp3) is 0.278. The van der Waals surface area contributed by atoms with E-state index in [1.165, 1.54) is 17.4 Å². The van der Waals surface area contributed by atoms with Crippen LogP contribution in [0.4, 0.5) is 0 Å². The topological polar surface area (TPSA) is 77.0 Å². The van der Waals surface area contributed by atoms with Crippen LogP contribution in [0.5, 0.6) is 0 Å². The molecule has 0 aliphatic carbocycles. The van der Waals surface area contributed by atoms with Crippen molar-refractivity contribution in [1.29, 1.82) is 0 Å². The summed E-state index contributed by atoms with van der Waals surface area (Å²) < 4.78 is 25.7. The number of nitrogens with zero attached hydrogens (tertiary/aromatic N) is 2. The first kappa shape index (κ1) is 17.7. The Morgan fingerprint density at radius 1 is 1.04 bits per heavy atom. The molecule has 2 aromatic heterocycles. The summed E-state index contributed by atoms with van der Waals surface area (Å²) in [7, 11) is -3.45. The predicted molar refractivity (Wildman–Crippen MR) is 101 cm³/mol. The standard InChI is InChI=1S/C18H18N2O3S2/c1-12(2)10-11-25(22,23)16-9-5-7-14(19-16)18-20-17(21)13-6-3-4-8-15(13)24-18/h3-9,12H,10-11H2,1-2H3. The summed E-state index contributed by atoms with van der Waals surface area (Å²) >= 11 is 1.32. The van der Waals surface area contributed by atoms with E-state index >= 15 is 0 Å². The van der Waals surface area contributed by atoms with Crippen molar-refractivity contribution in [2.45, 2.75) is 25.3 Å². The molecule has 130 valence electrons. The van der Waals surface area contributed by atoms with Gasteiger partial charge in [0.1, 0.15) is 10.7 Å². The van der Waals surface area contributed by atoms with Gasteiger partial charge in [-0.2, -0.15) is 4.98 Å². The largest absolute Gasteiger partial charge is 0.279 e. The minimum absolute atomic E-state index is 0.0280. The maximum atomic E-state index is 12.5. The second kappa shape index (κ2) is 7.01. The molecule has 25 heavy (non-hydrogen) atoms. The predicted octanol–water partition coefficient (Wildman–Crippen LogP) is 3.54. The van der Waals surface area contributed by atoms with Crippen molar-refractivity contribution in [1.82, 2.24) is 9.97 Å². The first-order valence-electron chi connectivity index (χ1n) is 7.97. The average Bonchev–Trinajstić information content (AvgIpc) is 2.60. The number of hydrogen-bond donors (Lipinski definition) is 0. The van der Waals surface area contributed by atoms with Gasteiger partial charge < -0.3 is 0 Å². The van der Waals surface area contributed by atoms with Crippen LogP contribution >= 0.6 is 11.3 Å². The maximum absolute atomic E-state index is 12.5. The van der Waals surface area contributed by atoms with Gasteiger partial charge in [-0.1, -0.05) is 32.0 Å². The van der Waals surface area contributed by atoms with Gasteiger partial charge in [0.2, 0.25) is 0 Å². The van der Waals surface area contributed by atoms with E-state index in [4.69, 9.17) is 0 Å². The Labute approximate surface area is 150 Å². The van der Waals surface area contributed by atoms with Crippen molar-refractivity contribution in [2.75, 3.05) is 5.75 Å². The van der Waals surface area contributed by atoms with Gasteiger partial charge in [0, 0.05) is 4.70 Å². The van der Waals surface area contributed by atoms with Gasteiger partial charge in [-0.25, -0.2) is 13.4 Å². The zero-order valence-corrected chi connectivity index (χ0v) is 15.6. The van der Waals surface area contributed by atoms with Crippen LogP contribution in [-0.4, -0.2) is 24.1 Å². The van der Waals surface area contributed by atoms with E-state index in [1.807, 2.05) is 26.0 Å². The lowest BCUT2D eigenvalue weighted by Gasteiger charge is -2.07. The van der Waals surface area contributed by atoms with Crippen LogP contribution in [-0.2, 0) is 9.84 Å². The smallest absolute Gasteiger partial charge is 0.267 e. The van der Waals surface area contributed by atoms with Gasteiger partial charge in [0.15, 0.2) is 14.9 Å². The molecule has 0 bridgehead atoms. The molecule has 0 spiro atoms. The van der Waals surface area contributed by atoms with Crippen LogP contribution in [0.2, 0.25) is 0 Å². The highest BCUT2D eigenvalue weighted by atomic mass is 32.2. The number of rotatable bonds is 5. The Morgan fingerprint density at radius 3 is 2.56 bits per heavy atom. The fourth-order valence-electron chi connectivity index (χ4n) is 2.32. The number of hydrogen-bond acceptors (Lipinski definition) is 6. The monoisotopic (exact) mass is 374 g/mol. The molecule has 0 amide bonds.